The molecule has 0 saturated carbocycles. The van der Waals surface area contributed by atoms with Gasteiger partial charge in [0.05, 0.1) is 35.1 Å². The smallest absolute Gasteiger partial charge is 0.224 e. The number of carbonyl (C=O) groups is 1. The number of amides is 1. The minimum Gasteiger partial charge on any atom is -0.346 e. The Morgan fingerprint density at radius 1 is 1.03 bits per heavy atom. The Morgan fingerprint density at radius 3 is 2.64 bits per heavy atom. The Bertz CT molecular complexity index is 1460. The summed E-state index contributed by atoms with van der Waals surface area (Å²) in [6.45, 7) is 0.716. The zero-order valence-corrected chi connectivity index (χ0v) is 18.7. The fraction of sp³-hybridized carbons (Fsp3) is 0.208. The normalized spacial score (nSPS) is 16.0. The van der Waals surface area contributed by atoms with E-state index in [0.717, 1.165) is 27.3 Å². The molecule has 0 radical (unpaired) electrons. The highest BCUT2D eigenvalue weighted by atomic mass is 32.2. The summed E-state index contributed by atoms with van der Waals surface area (Å²) < 4.78 is 3.56. The van der Waals surface area contributed by atoms with Crippen molar-refractivity contribution in [2.75, 3.05) is 13.6 Å². The van der Waals surface area contributed by atoms with Crippen molar-refractivity contribution in [2.24, 2.45) is 0 Å². The van der Waals surface area contributed by atoms with Gasteiger partial charge in [-0.1, -0.05) is 23.9 Å². The van der Waals surface area contributed by atoms with E-state index >= 15 is 0 Å². The molecule has 1 aromatic carbocycles. The Labute approximate surface area is 194 Å². The molecule has 1 aliphatic heterocycles. The van der Waals surface area contributed by atoms with E-state index in [1.807, 2.05) is 48.4 Å². The SMILES string of the molecule is CN1CCC(n2cc(-c3cc(Sc4ccccc4C#N)c4c(C#N)cnn4c3)cn2)CC1=O. The van der Waals surface area contributed by atoms with Crippen LogP contribution in [0.4, 0.5) is 0 Å². The number of hydrogen-bond acceptors (Lipinski definition) is 6. The van der Waals surface area contributed by atoms with Gasteiger partial charge in [-0.05, 0) is 24.6 Å². The van der Waals surface area contributed by atoms with Gasteiger partial charge in [0.25, 0.3) is 0 Å². The van der Waals surface area contributed by atoms with Crippen molar-refractivity contribution >= 4 is 23.2 Å². The third-order valence-electron chi connectivity index (χ3n) is 5.87. The number of fused-ring (bicyclic) bond motifs is 1. The third kappa shape index (κ3) is 3.84. The molecule has 5 rings (SSSR count). The zero-order chi connectivity index (χ0) is 22.9. The summed E-state index contributed by atoms with van der Waals surface area (Å²) in [5, 5.41) is 28.0. The number of benzene rings is 1. The molecular formula is C24H19N7OS. The third-order valence-corrected chi connectivity index (χ3v) is 6.97. The largest absolute Gasteiger partial charge is 0.346 e. The number of likely N-dealkylation sites (tertiary alicyclic amines) is 1. The Hall–Kier alpha value is -4.08. The number of carbonyl (C=O) groups excluding carboxylic acids is 1. The Balaban J connectivity index is 1.55. The maximum atomic E-state index is 12.1. The molecule has 3 aromatic heterocycles. The predicted molar refractivity (Wildman–Crippen MR) is 122 cm³/mol. The number of piperidine rings is 1. The molecule has 0 aliphatic carbocycles. The molecule has 1 aliphatic rings. The quantitative estimate of drug-likeness (QED) is 0.464. The lowest BCUT2D eigenvalue weighted by Gasteiger charge is -2.28. The highest BCUT2D eigenvalue weighted by molar-refractivity contribution is 7.99. The van der Waals surface area contributed by atoms with Crippen LogP contribution in [0.2, 0.25) is 0 Å². The summed E-state index contributed by atoms with van der Waals surface area (Å²) in [6, 6.07) is 13.9. The van der Waals surface area contributed by atoms with Crippen molar-refractivity contribution in [2.45, 2.75) is 28.7 Å². The van der Waals surface area contributed by atoms with Gasteiger partial charge in [0.1, 0.15) is 12.1 Å². The lowest BCUT2D eigenvalue weighted by Crippen LogP contribution is -2.36. The van der Waals surface area contributed by atoms with Crippen LogP contribution in [0.25, 0.3) is 16.6 Å². The molecule has 1 unspecified atom stereocenters. The molecule has 1 fully saturated rings. The van der Waals surface area contributed by atoms with Gasteiger partial charge in [-0.2, -0.15) is 20.7 Å². The highest BCUT2D eigenvalue weighted by Gasteiger charge is 2.25. The van der Waals surface area contributed by atoms with Gasteiger partial charge >= 0.3 is 0 Å². The van der Waals surface area contributed by atoms with Crippen LogP contribution in [0.5, 0.6) is 0 Å². The van der Waals surface area contributed by atoms with Gasteiger partial charge in [-0.25, -0.2) is 4.52 Å². The van der Waals surface area contributed by atoms with E-state index in [4.69, 9.17) is 0 Å². The molecular weight excluding hydrogens is 434 g/mol. The average Bonchev–Trinajstić information content (AvgIpc) is 3.48. The number of aromatic nitrogens is 4. The molecule has 4 heterocycles. The molecule has 8 nitrogen and oxygen atoms in total. The minimum atomic E-state index is 0.0393. The average molecular weight is 454 g/mol. The number of rotatable bonds is 4. The first kappa shape index (κ1) is 20.8. The van der Waals surface area contributed by atoms with Gasteiger partial charge in [0.2, 0.25) is 5.91 Å². The molecule has 9 heteroatoms. The fourth-order valence-electron chi connectivity index (χ4n) is 4.01. The highest BCUT2D eigenvalue weighted by Crippen LogP contribution is 2.37. The summed E-state index contributed by atoms with van der Waals surface area (Å²) in [4.78, 5) is 15.5. The van der Waals surface area contributed by atoms with E-state index in [1.165, 1.54) is 11.8 Å². The summed E-state index contributed by atoms with van der Waals surface area (Å²) in [6.07, 6.45) is 8.46. The first-order valence-corrected chi connectivity index (χ1v) is 11.3. The van der Waals surface area contributed by atoms with Crippen molar-refractivity contribution in [3.05, 3.63) is 66.2 Å². The van der Waals surface area contributed by atoms with Crippen molar-refractivity contribution in [3.8, 4) is 23.3 Å². The van der Waals surface area contributed by atoms with Crippen LogP contribution in [0.3, 0.4) is 0 Å². The van der Waals surface area contributed by atoms with E-state index in [0.29, 0.717) is 29.6 Å². The van der Waals surface area contributed by atoms with Gasteiger partial charge in [-0.3, -0.25) is 9.48 Å². The van der Waals surface area contributed by atoms with Crippen LogP contribution in [-0.2, 0) is 4.79 Å². The second kappa shape index (κ2) is 8.45. The van der Waals surface area contributed by atoms with E-state index in [-0.39, 0.29) is 11.9 Å². The van der Waals surface area contributed by atoms with Crippen LogP contribution in [0, 0.1) is 22.7 Å². The fourth-order valence-corrected chi connectivity index (χ4v) is 5.10. The van der Waals surface area contributed by atoms with Gasteiger partial charge in [0.15, 0.2) is 0 Å². The number of hydrogen-bond donors (Lipinski definition) is 0. The molecule has 4 aromatic rings. The first-order chi connectivity index (χ1) is 16.1. The molecule has 33 heavy (non-hydrogen) atoms. The first-order valence-electron chi connectivity index (χ1n) is 10.4. The molecule has 1 atom stereocenters. The van der Waals surface area contributed by atoms with Crippen molar-refractivity contribution in [3.63, 3.8) is 0 Å². The van der Waals surface area contributed by atoms with E-state index in [2.05, 4.69) is 22.3 Å². The monoisotopic (exact) mass is 453 g/mol. The molecule has 1 saturated heterocycles. The van der Waals surface area contributed by atoms with Crippen molar-refractivity contribution in [1.29, 1.82) is 10.5 Å². The zero-order valence-electron chi connectivity index (χ0n) is 17.8. The molecule has 162 valence electrons. The van der Waals surface area contributed by atoms with E-state index in [9.17, 15) is 15.3 Å². The van der Waals surface area contributed by atoms with Crippen LogP contribution < -0.4 is 0 Å². The number of nitrogens with zero attached hydrogens (tertiary/aromatic N) is 7. The maximum Gasteiger partial charge on any atom is 0.224 e. The minimum absolute atomic E-state index is 0.0393. The molecule has 0 spiro atoms. The van der Waals surface area contributed by atoms with Crippen molar-refractivity contribution < 1.29 is 4.79 Å². The summed E-state index contributed by atoms with van der Waals surface area (Å²) >= 11 is 1.43. The summed E-state index contributed by atoms with van der Waals surface area (Å²) in [5.74, 6) is 0.125. The maximum absolute atomic E-state index is 12.1. The second-order valence-electron chi connectivity index (χ2n) is 7.94. The van der Waals surface area contributed by atoms with Gasteiger partial charge in [0, 0.05) is 53.3 Å². The lowest BCUT2D eigenvalue weighted by molar-refractivity contribution is -0.133. The van der Waals surface area contributed by atoms with Gasteiger partial charge < -0.3 is 4.90 Å². The van der Waals surface area contributed by atoms with Crippen LogP contribution in [-0.4, -0.2) is 43.8 Å². The number of pyridine rings is 1. The lowest BCUT2D eigenvalue weighted by atomic mass is 10.1. The van der Waals surface area contributed by atoms with Crippen LogP contribution in [0.1, 0.15) is 30.0 Å². The Morgan fingerprint density at radius 2 is 1.85 bits per heavy atom. The summed E-state index contributed by atoms with van der Waals surface area (Å²) in [5.41, 5.74) is 3.53. The molecule has 0 bridgehead atoms. The number of nitriles is 2. The van der Waals surface area contributed by atoms with E-state index < -0.39 is 0 Å². The van der Waals surface area contributed by atoms with E-state index in [1.54, 1.807) is 27.9 Å². The van der Waals surface area contributed by atoms with Crippen LogP contribution in [0.15, 0.2) is 64.9 Å². The van der Waals surface area contributed by atoms with Gasteiger partial charge in [-0.15, -0.1) is 0 Å². The van der Waals surface area contributed by atoms with Crippen molar-refractivity contribution in [1.82, 2.24) is 24.3 Å². The standard InChI is InChI=1S/C24H19N7OS/c1-29-7-6-20(9-23(29)32)30-15-19(13-27-30)17-8-22(24-18(11-26)12-28-31(24)14-17)33-21-5-3-2-4-16(21)10-25/h2-5,8,12-15,20H,6-7,9H2,1H3. The molecule has 0 N–H and O–H groups in total. The second-order valence-corrected chi connectivity index (χ2v) is 9.02. The molecule has 1 amide bonds. The summed E-state index contributed by atoms with van der Waals surface area (Å²) in [7, 11) is 1.82. The Kier molecular flexibility index (Phi) is 5.33. The van der Waals surface area contributed by atoms with Crippen LogP contribution >= 0.6 is 11.8 Å². The topological polar surface area (TPSA) is 103 Å². The predicted octanol–water partition coefficient (Wildman–Crippen LogP) is 3.89.